The lowest BCUT2D eigenvalue weighted by Crippen LogP contribution is -2.08. The van der Waals surface area contributed by atoms with Gasteiger partial charge in [0.25, 0.3) is 0 Å². The van der Waals surface area contributed by atoms with Crippen molar-refractivity contribution in [3.05, 3.63) is 41.0 Å². The van der Waals surface area contributed by atoms with E-state index in [1.54, 1.807) is 6.20 Å². The van der Waals surface area contributed by atoms with Gasteiger partial charge in [-0.15, -0.1) is 0 Å². The van der Waals surface area contributed by atoms with Gasteiger partial charge in [-0.05, 0) is 24.5 Å². The zero-order chi connectivity index (χ0) is 16.4. The van der Waals surface area contributed by atoms with Gasteiger partial charge in [-0.25, -0.2) is 9.50 Å². The van der Waals surface area contributed by atoms with Gasteiger partial charge in [0.1, 0.15) is 17.3 Å². The highest BCUT2D eigenvalue weighted by atomic mass is 35.5. The second kappa shape index (κ2) is 6.35. The number of rotatable bonds is 5. The summed E-state index contributed by atoms with van der Waals surface area (Å²) in [6.07, 6.45) is 2.71. The van der Waals surface area contributed by atoms with Crippen LogP contribution in [0.3, 0.4) is 0 Å². The number of H-pyrrole nitrogens is 1. The minimum absolute atomic E-state index is 0.519. The van der Waals surface area contributed by atoms with Gasteiger partial charge in [0.05, 0.1) is 0 Å². The maximum atomic E-state index is 9.22. The highest BCUT2D eigenvalue weighted by molar-refractivity contribution is 6.30. The average molecular weight is 328 g/mol. The fourth-order valence-electron chi connectivity index (χ4n) is 2.48. The lowest BCUT2D eigenvalue weighted by molar-refractivity contribution is 0.606. The van der Waals surface area contributed by atoms with Crippen LogP contribution in [0.5, 0.6) is 0 Å². The van der Waals surface area contributed by atoms with E-state index in [9.17, 15) is 5.26 Å². The first-order valence-electron chi connectivity index (χ1n) is 7.60. The van der Waals surface area contributed by atoms with Crippen LogP contribution in [0.25, 0.3) is 16.9 Å². The molecule has 0 aliphatic rings. The van der Waals surface area contributed by atoms with E-state index in [0.717, 1.165) is 30.0 Å². The molecule has 0 bridgehead atoms. The van der Waals surface area contributed by atoms with Gasteiger partial charge in [0, 0.05) is 23.3 Å². The first kappa shape index (κ1) is 15.4. The van der Waals surface area contributed by atoms with E-state index in [1.165, 1.54) is 0 Å². The molecule has 0 atom stereocenters. The van der Waals surface area contributed by atoms with Crippen molar-refractivity contribution >= 4 is 23.1 Å². The Labute approximate surface area is 139 Å². The molecule has 118 valence electrons. The van der Waals surface area contributed by atoms with Crippen molar-refractivity contribution in [3.63, 3.8) is 0 Å². The van der Waals surface area contributed by atoms with Crippen molar-refractivity contribution < 1.29 is 0 Å². The quantitative estimate of drug-likeness (QED) is 0.733. The molecular formula is C17H18ClN5. The molecule has 0 saturated heterocycles. The molecule has 3 rings (SSSR count). The molecule has 5 nitrogen and oxygen atoms in total. The van der Waals surface area contributed by atoms with Crippen molar-refractivity contribution in [2.24, 2.45) is 5.92 Å². The van der Waals surface area contributed by atoms with Gasteiger partial charge in [0.15, 0.2) is 11.5 Å². The van der Waals surface area contributed by atoms with E-state index < -0.39 is 0 Å². The molecule has 0 amide bonds. The van der Waals surface area contributed by atoms with Crippen LogP contribution in [0.4, 0.5) is 5.82 Å². The summed E-state index contributed by atoms with van der Waals surface area (Å²) in [5.41, 5.74) is 2.85. The standard InChI is InChI=1S/C17H18ClN5/c1-11(2)6-7-20-17-15(12-4-3-5-14(18)8-12)22-16-13(9-19)10-21-23(16)17/h3-5,8,10-11,20-21H,6-7H2,1-2H3. The third-order valence-electron chi connectivity index (χ3n) is 3.69. The van der Waals surface area contributed by atoms with Gasteiger partial charge < -0.3 is 5.32 Å². The Balaban J connectivity index is 2.08. The second-order valence-electron chi connectivity index (χ2n) is 5.89. The average Bonchev–Trinajstić information content (AvgIpc) is 3.06. The highest BCUT2D eigenvalue weighted by Gasteiger charge is 2.18. The first-order chi connectivity index (χ1) is 11.1. The molecular weight excluding hydrogens is 310 g/mol. The number of halogens is 1. The third-order valence-corrected chi connectivity index (χ3v) is 3.92. The van der Waals surface area contributed by atoms with Gasteiger partial charge in [-0.2, -0.15) is 5.26 Å². The van der Waals surface area contributed by atoms with Gasteiger partial charge >= 0.3 is 0 Å². The highest BCUT2D eigenvalue weighted by Crippen LogP contribution is 2.31. The van der Waals surface area contributed by atoms with Crippen molar-refractivity contribution in [1.82, 2.24) is 14.6 Å². The summed E-state index contributed by atoms with van der Waals surface area (Å²) in [4.78, 5) is 4.64. The zero-order valence-electron chi connectivity index (χ0n) is 13.1. The van der Waals surface area contributed by atoms with Crippen LogP contribution in [0.2, 0.25) is 5.02 Å². The molecule has 0 unspecified atom stereocenters. The predicted octanol–water partition coefficient (Wildman–Crippen LogP) is 4.31. The SMILES string of the molecule is CC(C)CCNc1c(-c2cccc(Cl)c2)nc2c(C#N)c[nH]n12. The van der Waals surface area contributed by atoms with Crippen LogP contribution in [-0.2, 0) is 0 Å². The summed E-state index contributed by atoms with van der Waals surface area (Å²) in [5.74, 6) is 1.46. The Morgan fingerprint density at radius 3 is 2.96 bits per heavy atom. The molecule has 2 aromatic heterocycles. The Kier molecular flexibility index (Phi) is 4.26. The molecule has 0 aliphatic heterocycles. The van der Waals surface area contributed by atoms with E-state index in [4.69, 9.17) is 11.6 Å². The van der Waals surface area contributed by atoms with Crippen molar-refractivity contribution in [2.75, 3.05) is 11.9 Å². The second-order valence-corrected chi connectivity index (χ2v) is 6.32. The van der Waals surface area contributed by atoms with Crippen molar-refractivity contribution in [1.29, 1.82) is 5.26 Å². The molecule has 0 radical (unpaired) electrons. The van der Waals surface area contributed by atoms with Gasteiger partial charge in [-0.1, -0.05) is 37.6 Å². The normalized spacial score (nSPS) is 11.1. The molecule has 0 saturated carbocycles. The molecule has 6 heteroatoms. The summed E-state index contributed by atoms with van der Waals surface area (Å²) < 4.78 is 1.81. The number of anilines is 1. The topological polar surface area (TPSA) is 68.9 Å². The summed E-state index contributed by atoms with van der Waals surface area (Å²) in [5, 5.41) is 16.4. The molecule has 23 heavy (non-hydrogen) atoms. The lowest BCUT2D eigenvalue weighted by atomic mass is 10.1. The van der Waals surface area contributed by atoms with E-state index in [-0.39, 0.29) is 0 Å². The fraction of sp³-hybridized carbons (Fsp3) is 0.294. The number of nitrogens with one attached hydrogen (secondary N) is 2. The molecule has 2 N–H and O–H groups in total. The van der Waals surface area contributed by atoms with Gasteiger partial charge in [-0.3, -0.25) is 5.10 Å². The number of aromatic nitrogens is 3. The number of hydrogen-bond donors (Lipinski definition) is 2. The number of fused-ring (bicyclic) bond motifs is 1. The van der Waals surface area contributed by atoms with E-state index in [2.05, 4.69) is 35.3 Å². The van der Waals surface area contributed by atoms with Crippen LogP contribution in [0.1, 0.15) is 25.8 Å². The lowest BCUT2D eigenvalue weighted by Gasteiger charge is -2.09. The van der Waals surface area contributed by atoms with Crippen molar-refractivity contribution in [3.8, 4) is 17.3 Å². The molecule has 1 aromatic carbocycles. The van der Waals surface area contributed by atoms with Crippen LogP contribution in [-0.4, -0.2) is 21.1 Å². The fourth-order valence-corrected chi connectivity index (χ4v) is 2.67. The Morgan fingerprint density at radius 1 is 1.43 bits per heavy atom. The molecule has 2 heterocycles. The van der Waals surface area contributed by atoms with Crippen LogP contribution in [0, 0.1) is 17.2 Å². The number of hydrogen-bond acceptors (Lipinski definition) is 3. The van der Waals surface area contributed by atoms with Gasteiger partial charge in [0.2, 0.25) is 0 Å². The van der Waals surface area contributed by atoms with E-state index in [0.29, 0.717) is 22.2 Å². The maximum absolute atomic E-state index is 9.22. The molecule has 0 spiro atoms. The van der Waals surface area contributed by atoms with E-state index >= 15 is 0 Å². The summed E-state index contributed by atoms with van der Waals surface area (Å²) in [6.45, 7) is 5.21. The number of nitrogens with zero attached hydrogens (tertiary/aromatic N) is 3. The zero-order valence-corrected chi connectivity index (χ0v) is 13.9. The Hall–Kier alpha value is -2.45. The number of aromatic amines is 1. The summed E-state index contributed by atoms with van der Waals surface area (Å²) >= 11 is 6.11. The van der Waals surface area contributed by atoms with Crippen LogP contribution in [0.15, 0.2) is 30.5 Å². The number of benzene rings is 1. The predicted molar refractivity (Wildman–Crippen MR) is 92.6 cm³/mol. The number of nitriles is 1. The Morgan fingerprint density at radius 2 is 2.26 bits per heavy atom. The summed E-state index contributed by atoms with van der Waals surface area (Å²) in [7, 11) is 0. The van der Waals surface area contributed by atoms with Crippen LogP contribution >= 0.6 is 11.6 Å². The largest absolute Gasteiger partial charge is 0.368 e. The maximum Gasteiger partial charge on any atom is 0.173 e. The third kappa shape index (κ3) is 3.03. The van der Waals surface area contributed by atoms with Crippen molar-refractivity contribution in [2.45, 2.75) is 20.3 Å². The minimum Gasteiger partial charge on any atom is -0.368 e. The monoisotopic (exact) mass is 327 g/mol. The molecule has 0 fully saturated rings. The Bertz CT molecular complexity index is 869. The summed E-state index contributed by atoms with van der Waals surface area (Å²) in [6, 6.07) is 9.73. The smallest absolute Gasteiger partial charge is 0.173 e. The minimum atomic E-state index is 0.519. The first-order valence-corrected chi connectivity index (χ1v) is 7.97. The number of imidazole rings is 1. The van der Waals surface area contributed by atoms with Crippen LogP contribution < -0.4 is 5.32 Å². The van der Waals surface area contributed by atoms with E-state index in [1.807, 2.05) is 28.8 Å². The molecule has 3 aromatic rings. The molecule has 0 aliphatic carbocycles.